The Labute approximate surface area is 205 Å². The van der Waals surface area contributed by atoms with E-state index in [1.807, 2.05) is 0 Å². The van der Waals surface area contributed by atoms with Crippen molar-refractivity contribution in [3.05, 3.63) is 54.1 Å². The zero-order valence-corrected chi connectivity index (χ0v) is 20.7. The highest BCUT2D eigenvalue weighted by atomic mass is 32.2. The fourth-order valence-electron chi connectivity index (χ4n) is 5.25. The molecule has 1 heterocycles. The Morgan fingerprint density at radius 3 is 2.06 bits per heavy atom. The number of hydrogen-bond acceptors (Lipinski definition) is 7. The zero-order chi connectivity index (χ0) is 25.3. The molecule has 1 aliphatic carbocycles. The van der Waals surface area contributed by atoms with E-state index >= 15 is 0 Å². The van der Waals surface area contributed by atoms with Gasteiger partial charge in [-0.2, -0.15) is 0 Å². The van der Waals surface area contributed by atoms with Crippen molar-refractivity contribution < 1.29 is 28.0 Å². The van der Waals surface area contributed by atoms with Crippen LogP contribution in [-0.4, -0.2) is 62.3 Å². The summed E-state index contributed by atoms with van der Waals surface area (Å²) in [7, 11) is -0.740. The van der Waals surface area contributed by atoms with Crippen molar-refractivity contribution in [2.45, 2.75) is 41.7 Å². The minimum Gasteiger partial charge on any atom is -0.457 e. The zero-order valence-electron chi connectivity index (χ0n) is 19.9. The SMILES string of the molecule is CN(C)C(=O)c1ccc(Oc2ccc(S(=O)(=O)C3(C(=O)NO)CCC4(CCNCC4)C3)cc2)cc1. The monoisotopic (exact) mass is 501 g/mol. The Morgan fingerprint density at radius 1 is 0.943 bits per heavy atom. The van der Waals surface area contributed by atoms with Gasteiger partial charge in [0, 0.05) is 19.7 Å². The molecule has 0 aromatic heterocycles. The number of rotatable bonds is 6. The molecule has 1 atom stereocenters. The lowest BCUT2D eigenvalue weighted by Crippen LogP contribution is -2.51. The predicted octanol–water partition coefficient (Wildman–Crippen LogP) is 2.75. The van der Waals surface area contributed by atoms with Crippen molar-refractivity contribution in [1.82, 2.24) is 15.7 Å². The van der Waals surface area contributed by atoms with Crippen LogP contribution >= 0.6 is 0 Å². The van der Waals surface area contributed by atoms with Gasteiger partial charge in [0.15, 0.2) is 14.6 Å². The third-order valence-electron chi connectivity index (χ3n) is 7.29. The maximum Gasteiger partial charge on any atom is 0.265 e. The van der Waals surface area contributed by atoms with E-state index in [9.17, 15) is 23.2 Å². The molecule has 1 spiro atoms. The lowest BCUT2D eigenvalue weighted by molar-refractivity contribution is -0.132. The minimum absolute atomic E-state index is 0.00589. The second-order valence-electron chi connectivity index (χ2n) is 9.66. The molecule has 2 amide bonds. The van der Waals surface area contributed by atoms with Crippen molar-refractivity contribution in [3.8, 4) is 11.5 Å². The number of hydrogen-bond donors (Lipinski definition) is 3. The number of sulfone groups is 1. The first-order valence-corrected chi connectivity index (χ1v) is 13.1. The van der Waals surface area contributed by atoms with Crippen molar-refractivity contribution in [1.29, 1.82) is 0 Å². The first kappa shape index (κ1) is 25.2. The molecule has 1 saturated carbocycles. The molecule has 1 unspecified atom stereocenters. The average Bonchev–Trinajstić information content (AvgIpc) is 3.24. The molecule has 9 nitrogen and oxygen atoms in total. The van der Waals surface area contributed by atoms with Crippen LogP contribution in [0.15, 0.2) is 53.4 Å². The number of nitrogens with zero attached hydrogens (tertiary/aromatic N) is 1. The first-order chi connectivity index (χ1) is 16.6. The smallest absolute Gasteiger partial charge is 0.265 e. The van der Waals surface area contributed by atoms with Crippen LogP contribution in [0.3, 0.4) is 0 Å². The number of carbonyl (C=O) groups excluding carboxylic acids is 2. The minimum atomic E-state index is -4.09. The summed E-state index contributed by atoms with van der Waals surface area (Å²) in [5.74, 6) is -0.0843. The van der Waals surface area contributed by atoms with Crippen LogP contribution in [0.5, 0.6) is 11.5 Å². The normalized spacial score (nSPS) is 21.5. The number of hydroxylamine groups is 1. The number of ether oxygens (including phenoxy) is 1. The van der Waals surface area contributed by atoms with Crippen molar-refractivity contribution in [2.75, 3.05) is 27.2 Å². The third-order valence-corrected chi connectivity index (χ3v) is 9.75. The number of carbonyl (C=O) groups is 2. The number of benzene rings is 2. The summed E-state index contributed by atoms with van der Waals surface area (Å²) in [6, 6.07) is 12.6. The van der Waals surface area contributed by atoms with Crippen LogP contribution in [0, 0.1) is 5.41 Å². The van der Waals surface area contributed by atoms with Gasteiger partial charge in [0.1, 0.15) is 11.5 Å². The van der Waals surface area contributed by atoms with E-state index in [-0.39, 0.29) is 29.1 Å². The molecule has 3 N–H and O–H groups in total. The molecule has 188 valence electrons. The molecule has 35 heavy (non-hydrogen) atoms. The average molecular weight is 502 g/mol. The van der Waals surface area contributed by atoms with Crippen LogP contribution in [0.1, 0.15) is 42.5 Å². The Balaban J connectivity index is 1.55. The highest BCUT2D eigenvalue weighted by Gasteiger charge is 2.60. The molecular weight excluding hydrogens is 470 g/mol. The van der Waals surface area contributed by atoms with E-state index < -0.39 is 20.5 Å². The van der Waals surface area contributed by atoms with Gasteiger partial charge in [-0.25, -0.2) is 13.9 Å². The van der Waals surface area contributed by atoms with Crippen molar-refractivity contribution in [2.24, 2.45) is 5.41 Å². The van der Waals surface area contributed by atoms with Gasteiger partial charge in [-0.3, -0.25) is 14.8 Å². The van der Waals surface area contributed by atoms with Crippen molar-refractivity contribution >= 4 is 21.7 Å². The summed E-state index contributed by atoms with van der Waals surface area (Å²) in [5, 5.41) is 12.7. The Hall–Kier alpha value is -2.95. The number of piperidine rings is 1. The summed E-state index contributed by atoms with van der Waals surface area (Å²) in [5.41, 5.74) is 1.92. The largest absolute Gasteiger partial charge is 0.457 e. The Kier molecular flexibility index (Phi) is 6.90. The van der Waals surface area contributed by atoms with E-state index in [4.69, 9.17) is 4.74 Å². The van der Waals surface area contributed by atoms with E-state index in [2.05, 4.69) is 5.32 Å². The predicted molar refractivity (Wildman–Crippen MR) is 129 cm³/mol. The molecule has 2 aromatic rings. The van der Waals surface area contributed by atoms with Gasteiger partial charge in [0.25, 0.3) is 11.8 Å². The van der Waals surface area contributed by atoms with E-state index in [0.717, 1.165) is 25.9 Å². The molecule has 2 aliphatic rings. The molecule has 0 bridgehead atoms. The van der Waals surface area contributed by atoms with Gasteiger partial charge in [-0.1, -0.05) is 0 Å². The molecule has 4 rings (SSSR count). The highest BCUT2D eigenvalue weighted by molar-refractivity contribution is 7.93. The number of amides is 2. The maximum atomic E-state index is 13.7. The van der Waals surface area contributed by atoms with Gasteiger partial charge >= 0.3 is 0 Å². The van der Waals surface area contributed by atoms with E-state index in [1.54, 1.807) is 43.8 Å². The summed E-state index contributed by atoms with van der Waals surface area (Å²) in [4.78, 5) is 26.3. The van der Waals surface area contributed by atoms with Crippen LogP contribution in [0.4, 0.5) is 0 Å². The topological polar surface area (TPSA) is 125 Å². The van der Waals surface area contributed by atoms with E-state index in [1.165, 1.54) is 29.2 Å². The van der Waals surface area contributed by atoms with Gasteiger partial charge in [0.2, 0.25) is 0 Å². The first-order valence-electron chi connectivity index (χ1n) is 11.6. The fourth-order valence-corrected chi connectivity index (χ4v) is 7.36. The second-order valence-corrected chi connectivity index (χ2v) is 11.9. The summed E-state index contributed by atoms with van der Waals surface area (Å²) < 4.78 is 31.6. The van der Waals surface area contributed by atoms with Crippen molar-refractivity contribution in [3.63, 3.8) is 0 Å². The Bertz CT molecular complexity index is 1190. The van der Waals surface area contributed by atoms with E-state index in [0.29, 0.717) is 23.5 Å². The van der Waals surface area contributed by atoms with Crippen LogP contribution in [-0.2, 0) is 14.6 Å². The standard InChI is InChI=1S/C25H31N3O6S/c1-28(2)22(29)18-3-5-19(6-4-18)34-20-7-9-21(10-8-20)35(32,33)25(23(30)27-31)12-11-24(17-25)13-15-26-16-14-24/h3-10,26,31H,11-17H2,1-2H3,(H,27,30). The maximum absolute atomic E-state index is 13.7. The molecule has 2 fully saturated rings. The summed E-state index contributed by atoms with van der Waals surface area (Å²) >= 11 is 0. The van der Waals surface area contributed by atoms with Gasteiger partial charge in [-0.15, -0.1) is 0 Å². The van der Waals surface area contributed by atoms with Gasteiger partial charge < -0.3 is 15.0 Å². The fraction of sp³-hybridized carbons (Fsp3) is 0.440. The molecule has 2 aromatic carbocycles. The quantitative estimate of drug-likeness (QED) is 0.411. The molecule has 1 aliphatic heterocycles. The lowest BCUT2D eigenvalue weighted by Gasteiger charge is -2.36. The summed E-state index contributed by atoms with van der Waals surface area (Å²) in [6.07, 6.45) is 2.57. The summed E-state index contributed by atoms with van der Waals surface area (Å²) in [6.45, 7) is 1.57. The third kappa shape index (κ3) is 4.65. The molecule has 0 radical (unpaired) electrons. The lowest BCUT2D eigenvalue weighted by atomic mass is 9.77. The van der Waals surface area contributed by atoms with Gasteiger partial charge in [0.05, 0.1) is 4.90 Å². The Morgan fingerprint density at radius 2 is 1.51 bits per heavy atom. The van der Waals surface area contributed by atoms with Crippen LogP contribution in [0.25, 0.3) is 0 Å². The molecule has 1 saturated heterocycles. The second kappa shape index (κ2) is 9.60. The highest BCUT2D eigenvalue weighted by Crippen LogP contribution is 2.54. The van der Waals surface area contributed by atoms with Gasteiger partial charge in [-0.05, 0) is 99.1 Å². The molecule has 10 heteroatoms. The number of nitrogens with one attached hydrogen (secondary N) is 2. The van der Waals surface area contributed by atoms with Crippen LogP contribution in [0.2, 0.25) is 0 Å². The van der Waals surface area contributed by atoms with Crippen LogP contribution < -0.4 is 15.5 Å². The molecular formula is C25H31N3O6S.